The molecule has 0 fully saturated rings. The van der Waals surface area contributed by atoms with Gasteiger partial charge >= 0.3 is 6.03 Å². The quantitative estimate of drug-likeness (QED) is 0.862. The highest BCUT2D eigenvalue weighted by molar-refractivity contribution is 5.73. The molecule has 1 unspecified atom stereocenters. The summed E-state index contributed by atoms with van der Waals surface area (Å²) in [6, 6.07) is 16.8. The lowest BCUT2D eigenvalue weighted by molar-refractivity contribution is 0.237. The molecule has 1 aliphatic carbocycles. The van der Waals surface area contributed by atoms with Gasteiger partial charge in [-0.2, -0.15) is 0 Å². The van der Waals surface area contributed by atoms with Gasteiger partial charge in [0.2, 0.25) is 0 Å². The van der Waals surface area contributed by atoms with Gasteiger partial charge < -0.3 is 10.6 Å². The van der Waals surface area contributed by atoms with E-state index in [-0.39, 0.29) is 6.03 Å². The van der Waals surface area contributed by atoms with E-state index in [4.69, 9.17) is 0 Å². The van der Waals surface area contributed by atoms with Gasteiger partial charge in [0.05, 0.1) is 0 Å². The number of amides is 2. The number of benzene rings is 2. The van der Waals surface area contributed by atoms with Crippen molar-refractivity contribution in [3.05, 3.63) is 70.8 Å². The summed E-state index contributed by atoms with van der Waals surface area (Å²) in [7, 11) is 0. The number of carbonyl (C=O) groups is 1. The molecule has 2 amide bonds. The summed E-state index contributed by atoms with van der Waals surface area (Å²) in [5.41, 5.74) is 5.39. The molecule has 24 heavy (non-hydrogen) atoms. The molecular formula is C21H26N2O. The maximum absolute atomic E-state index is 12.1. The minimum Gasteiger partial charge on any atom is -0.338 e. The van der Waals surface area contributed by atoms with Gasteiger partial charge in [-0.3, -0.25) is 0 Å². The van der Waals surface area contributed by atoms with Gasteiger partial charge in [-0.25, -0.2) is 4.79 Å². The van der Waals surface area contributed by atoms with Crippen LogP contribution in [-0.4, -0.2) is 12.6 Å². The van der Waals surface area contributed by atoms with Gasteiger partial charge in [-0.15, -0.1) is 0 Å². The van der Waals surface area contributed by atoms with Crippen molar-refractivity contribution in [1.29, 1.82) is 0 Å². The Labute approximate surface area is 144 Å². The van der Waals surface area contributed by atoms with Crippen LogP contribution in [-0.2, 0) is 25.8 Å². The largest absolute Gasteiger partial charge is 0.338 e. The number of carbonyl (C=O) groups excluding carboxylic acids is 1. The minimum atomic E-state index is -0.0697. The van der Waals surface area contributed by atoms with Crippen LogP contribution in [0.3, 0.4) is 0 Å². The first kappa shape index (κ1) is 16.6. The zero-order chi connectivity index (χ0) is 16.8. The molecule has 0 heterocycles. The lowest BCUT2D eigenvalue weighted by Crippen LogP contribution is -2.39. The van der Waals surface area contributed by atoms with E-state index >= 15 is 0 Å². The Morgan fingerprint density at radius 1 is 1.00 bits per heavy atom. The Balaban J connectivity index is 1.45. The van der Waals surface area contributed by atoms with Crippen LogP contribution in [0.15, 0.2) is 48.5 Å². The zero-order valence-corrected chi connectivity index (χ0v) is 14.3. The number of hydrogen-bond acceptors (Lipinski definition) is 1. The number of urea groups is 1. The molecule has 126 valence electrons. The van der Waals surface area contributed by atoms with Crippen molar-refractivity contribution in [3.8, 4) is 0 Å². The highest BCUT2D eigenvalue weighted by Crippen LogP contribution is 2.24. The van der Waals surface area contributed by atoms with E-state index in [1.54, 1.807) is 0 Å². The van der Waals surface area contributed by atoms with Crippen LogP contribution in [0, 0.1) is 5.92 Å². The van der Waals surface area contributed by atoms with Crippen LogP contribution in [0.2, 0.25) is 0 Å². The Morgan fingerprint density at radius 3 is 2.50 bits per heavy atom. The summed E-state index contributed by atoms with van der Waals surface area (Å²) in [6.07, 6.45) is 4.32. The normalized spacial score (nSPS) is 16.3. The zero-order valence-electron chi connectivity index (χ0n) is 14.3. The monoisotopic (exact) mass is 322 g/mol. The maximum atomic E-state index is 12.1. The summed E-state index contributed by atoms with van der Waals surface area (Å²) < 4.78 is 0. The average molecular weight is 322 g/mol. The molecule has 0 radical (unpaired) electrons. The minimum absolute atomic E-state index is 0.0697. The molecule has 0 bridgehead atoms. The van der Waals surface area contributed by atoms with Crippen molar-refractivity contribution in [2.24, 2.45) is 5.92 Å². The lowest BCUT2D eigenvalue weighted by atomic mass is 9.84. The third-order valence-electron chi connectivity index (χ3n) is 4.94. The summed E-state index contributed by atoms with van der Waals surface area (Å²) in [6.45, 7) is 3.47. The van der Waals surface area contributed by atoms with Crippen molar-refractivity contribution >= 4 is 6.03 Å². The molecule has 1 atom stereocenters. The van der Waals surface area contributed by atoms with Gasteiger partial charge in [-0.05, 0) is 53.9 Å². The van der Waals surface area contributed by atoms with E-state index in [1.807, 2.05) is 12.1 Å². The molecule has 0 saturated heterocycles. The summed E-state index contributed by atoms with van der Waals surface area (Å²) in [5.74, 6) is 0.536. The first-order valence-electron chi connectivity index (χ1n) is 8.91. The fourth-order valence-corrected chi connectivity index (χ4v) is 3.50. The second-order valence-corrected chi connectivity index (χ2v) is 6.56. The molecule has 2 aromatic rings. The molecule has 3 nitrogen and oxygen atoms in total. The smallest absolute Gasteiger partial charge is 0.315 e. The fraction of sp³-hybridized carbons (Fsp3) is 0.381. The fourth-order valence-electron chi connectivity index (χ4n) is 3.50. The highest BCUT2D eigenvalue weighted by Gasteiger charge is 2.18. The van der Waals surface area contributed by atoms with Gasteiger partial charge in [-0.1, -0.05) is 55.5 Å². The number of nitrogens with one attached hydrogen (secondary N) is 2. The number of rotatable bonds is 5. The lowest BCUT2D eigenvalue weighted by Gasteiger charge is -2.24. The maximum Gasteiger partial charge on any atom is 0.315 e. The van der Waals surface area contributed by atoms with Crippen molar-refractivity contribution in [1.82, 2.24) is 10.6 Å². The van der Waals surface area contributed by atoms with E-state index in [9.17, 15) is 4.79 Å². The van der Waals surface area contributed by atoms with Crippen LogP contribution in [0.5, 0.6) is 0 Å². The molecule has 3 heteroatoms. The molecule has 0 saturated carbocycles. The summed E-state index contributed by atoms with van der Waals surface area (Å²) >= 11 is 0. The first-order valence-corrected chi connectivity index (χ1v) is 8.91. The van der Waals surface area contributed by atoms with E-state index in [2.05, 4.69) is 54.0 Å². The molecule has 0 aliphatic heterocycles. The van der Waals surface area contributed by atoms with E-state index in [0.717, 1.165) is 32.2 Å². The Kier molecular flexibility index (Phi) is 5.52. The van der Waals surface area contributed by atoms with Gasteiger partial charge in [0, 0.05) is 13.1 Å². The molecule has 0 spiro atoms. The van der Waals surface area contributed by atoms with Crippen LogP contribution in [0.1, 0.15) is 35.6 Å². The Bertz CT molecular complexity index is 696. The second-order valence-electron chi connectivity index (χ2n) is 6.56. The SMILES string of the molecule is CCc1ccccc1CNC(=O)NCC1CCc2ccccc2C1. The topological polar surface area (TPSA) is 41.1 Å². The van der Waals surface area contributed by atoms with Crippen molar-refractivity contribution in [2.45, 2.75) is 39.2 Å². The first-order chi connectivity index (χ1) is 11.8. The molecule has 2 aromatic carbocycles. The predicted molar refractivity (Wildman–Crippen MR) is 98.0 cm³/mol. The van der Waals surface area contributed by atoms with E-state index < -0.39 is 0 Å². The summed E-state index contributed by atoms with van der Waals surface area (Å²) in [4.78, 5) is 12.1. The molecule has 2 N–H and O–H groups in total. The van der Waals surface area contributed by atoms with E-state index in [1.165, 1.54) is 22.3 Å². The van der Waals surface area contributed by atoms with Crippen molar-refractivity contribution in [3.63, 3.8) is 0 Å². The van der Waals surface area contributed by atoms with Crippen LogP contribution in [0.4, 0.5) is 4.79 Å². The second kappa shape index (κ2) is 8.00. The van der Waals surface area contributed by atoms with Gasteiger partial charge in [0.25, 0.3) is 0 Å². The number of fused-ring (bicyclic) bond motifs is 1. The van der Waals surface area contributed by atoms with Crippen molar-refractivity contribution in [2.75, 3.05) is 6.54 Å². The number of aryl methyl sites for hydroxylation is 2. The highest BCUT2D eigenvalue weighted by atomic mass is 16.2. The molecule has 0 aromatic heterocycles. The third kappa shape index (κ3) is 4.16. The number of hydrogen-bond donors (Lipinski definition) is 2. The van der Waals surface area contributed by atoms with Crippen LogP contribution in [0.25, 0.3) is 0 Å². The molecule has 3 rings (SSSR count). The van der Waals surface area contributed by atoms with Crippen LogP contribution >= 0.6 is 0 Å². The predicted octanol–water partition coefficient (Wildman–Crippen LogP) is 3.85. The van der Waals surface area contributed by atoms with Crippen LogP contribution < -0.4 is 10.6 Å². The van der Waals surface area contributed by atoms with Gasteiger partial charge in [0.15, 0.2) is 0 Å². The summed E-state index contributed by atoms with van der Waals surface area (Å²) in [5, 5.41) is 6.02. The van der Waals surface area contributed by atoms with E-state index in [0.29, 0.717) is 12.5 Å². The average Bonchev–Trinajstić information content (AvgIpc) is 2.64. The third-order valence-corrected chi connectivity index (χ3v) is 4.94. The van der Waals surface area contributed by atoms with Gasteiger partial charge in [0.1, 0.15) is 0 Å². The molecular weight excluding hydrogens is 296 g/mol. The standard InChI is InChI=1S/C21H26N2O/c1-2-17-7-3-6-10-20(17)15-23-21(24)22-14-16-11-12-18-8-4-5-9-19(18)13-16/h3-10,16H,2,11-15H2,1H3,(H2,22,23,24). The molecule has 1 aliphatic rings. The Morgan fingerprint density at radius 2 is 1.71 bits per heavy atom. The van der Waals surface area contributed by atoms with Crippen molar-refractivity contribution < 1.29 is 4.79 Å². The Hall–Kier alpha value is -2.29.